The molecule has 2 fully saturated rings. The number of fused-ring (bicyclic) bond motifs is 2. The van der Waals surface area contributed by atoms with E-state index in [4.69, 9.17) is 0 Å². The topological polar surface area (TPSA) is 74.8 Å². The quantitative estimate of drug-likeness (QED) is 0.190. The molecule has 8 nitrogen and oxygen atoms in total. The van der Waals surface area contributed by atoms with Crippen molar-refractivity contribution in [2.45, 2.75) is 71.6 Å². The summed E-state index contributed by atoms with van der Waals surface area (Å²) in [4.78, 5) is 54.7. The molecule has 0 bridgehead atoms. The van der Waals surface area contributed by atoms with Crippen molar-refractivity contribution in [3.05, 3.63) is 35.4 Å². The molecule has 4 amide bonds. The van der Waals surface area contributed by atoms with Crippen molar-refractivity contribution in [2.75, 3.05) is 67.5 Å². The molecule has 0 aromatic heterocycles. The maximum atomic E-state index is 13.3. The van der Waals surface area contributed by atoms with E-state index >= 15 is 0 Å². The lowest BCUT2D eigenvalue weighted by atomic mass is 9.59. The second kappa shape index (κ2) is 12.0. The van der Waals surface area contributed by atoms with Crippen LogP contribution in [0.15, 0.2) is 24.3 Å². The Morgan fingerprint density at radius 2 is 1.05 bits per heavy atom. The average Bonchev–Trinajstić information content (AvgIpc) is 3.25. The molecule has 2 aliphatic heterocycles. The Kier molecular flexibility index (Phi) is 9.15. The molecule has 2 atom stereocenters. The summed E-state index contributed by atoms with van der Waals surface area (Å²) in [6.07, 6.45) is 9.10. The molecule has 1 saturated heterocycles. The summed E-state index contributed by atoms with van der Waals surface area (Å²) >= 11 is 0. The molecule has 226 valence electrons. The number of rotatable bonds is 14. The van der Waals surface area contributed by atoms with Gasteiger partial charge in [0.2, 0.25) is 11.8 Å². The maximum Gasteiger partial charge on any atom is 0.261 e. The standard InChI is InChI=1S/C33H52N4O4/c1-32-18-11-12-19-33(32,2)31(41)35(30(32)40)21-25-37(5,6)23-14-8-7-13-22-36(3,4)24-15-20-34-28(38)26-16-9-10-17-27(26)29(34)39/h9-10,16-17H,7-8,11-15,18-25H2,1-6H3/q+2/t32-,33+. The number of benzene rings is 1. The zero-order valence-electron chi connectivity index (χ0n) is 26.3. The fourth-order valence-electron chi connectivity index (χ4n) is 7.21. The van der Waals surface area contributed by atoms with E-state index in [0.29, 0.717) is 24.2 Å². The fourth-order valence-corrected chi connectivity index (χ4v) is 7.21. The SMILES string of the molecule is C[C@@]12CCCC[C@]1(C)C(=O)N(CC[N+](C)(C)CCCCCC[N+](C)(C)CCCN1C(=O)c3ccccc3C1=O)C2=O. The van der Waals surface area contributed by atoms with Crippen LogP contribution in [0.2, 0.25) is 0 Å². The van der Waals surface area contributed by atoms with Gasteiger partial charge in [0.15, 0.2) is 0 Å². The minimum atomic E-state index is -0.527. The smallest absolute Gasteiger partial charge is 0.261 e. The van der Waals surface area contributed by atoms with Crippen LogP contribution in [-0.4, -0.2) is 110 Å². The summed E-state index contributed by atoms with van der Waals surface area (Å²) in [5.74, 6) is -0.238. The number of quaternary nitrogens is 2. The number of amides is 4. The van der Waals surface area contributed by atoms with Gasteiger partial charge in [-0.2, -0.15) is 0 Å². The third-order valence-electron chi connectivity index (χ3n) is 10.5. The summed E-state index contributed by atoms with van der Waals surface area (Å²) in [5, 5.41) is 0. The van der Waals surface area contributed by atoms with Crippen molar-refractivity contribution in [3.63, 3.8) is 0 Å². The zero-order valence-corrected chi connectivity index (χ0v) is 26.3. The first-order valence-corrected chi connectivity index (χ1v) is 15.7. The lowest BCUT2D eigenvalue weighted by molar-refractivity contribution is -0.891. The lowest BCUT2D eigenvalue weighted by Gasteiger charge is -2.40. The number of imide groups is 2. The van der Waals surface area contributed by atoms with Crippen molar-refractivity contribution < 1.29 is 28.1 Å². The number of carbonyl (C=O) groups excluding carboxylic acids is 4. The van der Waals surface area contributed by atoms with E-state index in [2.05, 4.69) is 28.2 Å². The van der Waals surface area contributed by atoms with Crippen LogP contribution in [0.5, 0.6) is 0 Å². The Hall–Kier alpha value is -2.58. The highest BCUT2D eigenvalue weighted by atomic mass is 16.2. The lowest BCUT2D eigenvalue weighted by Crippen LogP contribution is -2.47. The van der Waals surface area contributed by atoms with Gasteiger partial charge in [0.05, 0.1) is 82.9 Å². The minimum Gasteiger partial charge on any atom is -0.328 e. The van der Waals surface area contributed by atoms with Crippen molar-refractivity contribution in [1.82, 2.24) is 9.80 Å². The van der Waals surface area contributed by atoms with Gasteiger partial charge in [-0.05, 0) is 64.5 Å². The van der Waals surface area contributed by atoms with Crippen LogP contribution in [0.1, 0.15) is 92.4 Å². The summed E-state index contributed by atoms with van der Waals surface area (Å²) in [7, 11) is 8.85. The van der Waals surface area contributed by atoms with Crippen LogP contribution >= 0.6 is 0 Å². The molecule has 0 spiro atoms. The van der Waals surface area contributed by atoms with Crippen molar-refractivity contribution in [2.24, 2.45) is 10.8 Å². The first kappa shape index (κ1) is 31.4. The second-order valence-corrected chi connectivity index (χ2v) is 14.5. The molecule has 8 heteroatoms. The Morgan fingerprint density at radius 1 is 0.610 bits per heavy atom. The minimum absolute atomic E-state index is 0.0502. The highest BCUT2D eigenvalue weighted by Gasteiger charge is 2.64. The summed E-state index contributed by atoms with van der Waals surface area (Å²) in [6.45, 7) is 8.82. The van der Waals surface area contributed by atoms with Crippen LogP contribution in [0.3, 0.4) is 0 Å². The van der Waals surface area contributed by atoms with E-state index in [0.717, 1.165) is 86.5 Å². The first-order chi connectivity index (χ1) is 19.2. The summed E-state index contributed by atoms with van der Waals surface area (Å²) < 4.78 is 1.68. The Bertz CT molecular complexity index is 1110. The van der Waals surface area contributed by atoms with Gasteiger partial charge in [-0.3, -0.25) is 29.0 Å². The van der Waals surface area contributed by atoms with Crippen LogP contribution in [-0.2, 0) is 9.59 Å². The Labute approximate surface area is 246 Å². The highest BCUT2D eigenvalue weighted by molar-refractivity contribution is 6.21. The molecule has 0 radical (unpaired) electrons. The van der Waals surface area contributed by atoms with Crippen LogP contribution < -0.4 is 0 Å². The molecule has 2 heterocycles. The summed E-state index contributed by atoms with van der Waals surface area (Å²) in [6, 6.07) is 7.07. The molecule has 41 heavy (non-hydrogen) atoms. The Balaban J connectivity index is 1.11. The number of likely N-dealkylation sites (tertiary alicyclic amines) is 1. The van der Waals surface area contributed by atoms with E-state index in [1.807, 2.05) is 13.8 Å². The van der Waals surface area contributed by atoms with Crippen LogP contribution in [0, 0.1) is 10.8 Å². The van der Waals surface area contributed by atoms with Crippen molar-refractivity contribution in [3.8, 4) is 0 Å². The average molecular weight is 569 g/mol. The predicted molar refractivity (Wildman–Crippen MR) is 160 cm³/mol. The van der Waals surface area contributed by atoms with Crippen molar-refractivity contribution >= 4 is 23.6 Å². The zero-order chi connectivity index (χ0) is 30.1. The molecule has 1 aliphatic carbocycles. The monoisotopic (exact) mass is 568 g/mol. The largest absolute Gasteiger partial charge is 0.328 e. The molecule has 1 aromatic rings. The molecule has 3 aliphatic rings. The summed E-state index contributed by atoms with van der Waals surface area (Å²) in [5.41, 5.74) is -0.0126. The molecule has 4 rings (SSSR count). The highest BCUT2D eigenvalue weighted by Crippen LogP contribution is 2.56. The number of hydrogen-bond acceptors (Lipinski definition) is 4. The molecular formula is C33H52N4O4+2. The van der Waals surface area contributed by atoms with E-state index in [9.17, 15) is 19.2 Å². The van der Waals surface area contributed by atoms with E-state index < -0.39 is 10.8 Å². The Morgan fingerprint density at radius 3 is 1.54 bits per heavy atom. The molecule has 1 aromatic carbocycles. The van der Waals surface area contributed by atoms with Gasteiger partial charge in [-0.15, -0.1) is 0 Å². The van der Waals surface area contributed by atoms with Crippen LogP contribution in [0.25, 0.3) is 0 Å². The fraction of sp³-hybridized carbons (Fsp3) is 0.697. The maximum absolute atomic E-state index is 13.3. The van der Waals surface area contributed by atoms with Gasteiger partial charge in [0.25, 0.3) is 11.8 Å². The van der Waals surface area contributed by atoms with Gasteiger partial charge < -0.3 is 8.97 Å². The predicted octanol–water partition coefficient (Wildman–Crippen LogP) is 4.34. The van der Waals surface area contributed by atoms with E-state index in [-0.39, 0.29) is 23.6 Å². The molecular weight excluding hydrogens is 516 g/mol. The van der Waals surface area contributed by atoms with Gasteiger partial charge in [0.1, 0.15) is 0 Å². The normalized spacial score (nSPS) is 24.8. The third-order valence-corrected chi connectivity index (χ3v) is 10.5. The van der Waals surface area contributed by atoms with E-state index in [1.165, 1.54) is 11.3 Å². The van der Waals surface area contributed by atoms with E-state index in [1.54, 1.807) is 29.2 Å². The van der Waals surface area contributed by atoms with Gasteiger partial charge in [-0.1, -0.05) is 25.0 Å². The second-order valence-electron chi connectivity index (χ2n) is 14.5. The number of nitrogens with zero attached hydrogens (tertiary/aromatic N) is 4. The van der Waals surface area contributed by atoms with Crippen molar-refractivity contribution in [1.29, 1.82) is 0 Å². The first-order valence-electron chi connectivity index (χ1n) is 15.7. The number of carbonyl (C=O) groups is 4. The molecule has 0 N–H and O–H groups in total. The molecule has 0 unspecified atom stereocenters. The van der Waals surface area contributed by atoms with Crippen LogP contribution in [0.4, 0.5) is 0 Å². The van der Waals surface area contributed by atoms with Gasteiger partial charge in [-0.25, -0.2) is 0 Å². The number of likely N-dealkylation sites (N-methyl/N-ethyl adjacent to an activating group) is 1. The molecule has 1 saturated carbocycles. The van der Waals surface area contributed by atoms with Gasteiger partial charge in [0, 0.05) is 13.0 Å². The number of hydrogen-bond donors (Lipinski definition) is 0. The van der Waals surface area contributed by atoms with Gasteiger partial charge >= 0.3 is 0 Å². The third kappa shape index (κ3) is 6.29. The number of unbranched alkanes of at least 4 members (excludes halogenated alkanes) is 3.